The normalized spacial score (nSPS) is 14.1. The summed E-state index contributed by atoms with van der Waals surface area (Å²) in [5.74, 6) is 2.07. The predicted octanol–water partition coefficient (Wildman–Crippen LogP) is 3.27. The maximum Gasteiger partial charge on any atom is 0.253 e. The summed E-state index contributed by atoms with van der Waals surface area (Å²) < 4.78 is 10.3. The Hall–Kier alpha value is -3.35. The van der Waals surface area contributed by atoms with E-state index in [2.05, 4.69) is 27.2 Å². The van der Waals surface area contributed by atoms with Crippen molar-refractivity contribution in [3.63, 3.8) is 0 Å². The highest BCUT2D eigenvalue weighted by Crippen LogP contribution is 2.23. The van der Waals surface area contributed by atoms with Crippen molar-refractivity contribution in [1.29, 1.82) is 0 Å². The molecular weight excluding hydrogens is 368 g/mol. The summed E-state index contributed by atoms with van der Waals surface area (Å²) in [5.41, 5.74) is 2.75. The maximum absolute atomic E-state index is 12.7. The van der Waals surface area contributed by atoms with Crippen LogP contribution < -0.4 is 9.64 Å². The molecule has 0 radical (unpaired) electrons. The lowest BCUT2D eigenvalue weighted by Gasteiger charge is -2.36. The second-order valence-electron chi connectivity index (χ2n) is 6.92. The summed E-state index contributed by atoms with van der Waals surface area (Å²) in [6, 6.07) is 15.4. The molecule has 0 unspecified atom stereocenters. The number of amides is 1. The minimum Gasteiger partial charge on any atom is -0.497 e. The van der Waals surface area contributed by atoms with Gasteiger partial charge in [-0.3, -0.25) is 4.79 Å². The van der Waals surface area contributed by atoms with Crippen LogP contribution in [0.1, 0.15) is 23.2 Å². The number of benzene rings is 2. The van der Waals surface area contributed by atoms with Crippen molar-refractivity contribution in [1.82, 2.24) is 15.0 Å². The molecule has 1 aliphatic heterocycles. The number of carbonyl (C=O) groups is 1. The molecule has 7 nitrogen and oxygen atoms in total. The van der Waals surface area contributed by atoms with Gasteiger partial charge in [0, 0.05) is 49.4 Å². The Morgan fingerprint density at radius 3 is 2.31 bits per heavy atom. The number of piperazine rings is 1. The maximum atomic E-state index is 12.7. The lowest BCUT2D eigenvalue weighted by molar-refractivity contribution is 0.0747. The molecule has 0 spiro atoms. The Balaban J connectivity index is 1.37. The van der Waals surface area contributed by atoms with E-state index in [9.17, 15) is 4.79 Å². The Labute approximate surface area is 169 Å². The molecular formula is C22H24N4O3. The Morgan fingerprint density at radius 2 is 1.72 bits per heavy atom. The molecule has 0 aliphatic carbocycles. The number of aryl methyl sites for hydroxylation is 1. The van der Waals surface area contributed by atoms with E-state index in [0.717, 1.165) is 36.5 Å². The molecule has 0 bridgehead atoms. The minimum absolute atomic E-state index is 0.0616. The number of methoxy groups -OCH3 is 1. The zero-order valence-corrected chi connectivity index (χ0v) is 16.7. The summed E-state index contributed by atoms with van der Waals surface area (Å²) in [4.78, 5) is 21.3. The highest BCUT2D eigenvalue weighted by molar-refractivity contribution is 5.94. The number of hydrogen-bond acceptors (Lipinski definition) is 6. The van der Waals surface area contributed by atoms with E-state index in [1.54, 1.807) is 7.11 Å². The largest absolute Gasteiger partial charge is 0.497 e. The van der Waals surface area contributed by atoms with Crippen LogP contribution in [0.4, 0.5) is 5.69 Å². The average Bonchev–Trinajstić information content (AvgIpc) is 3.28. The van der Waals surface area contributed by atoms with Crippen molar-refractivity contribution in [3.05, 3.63) is 60.0 Å². The Kier molecular flexibility index (Phi) is 5.46. The smallest absolute Gasteiger partial charge is 0.253 e. The minimum atomic E-state index is 0.0616. The van der Waals surface area contributed by atoms with Gasteiger partial charge in [-0.25, -0.2) is 0 Å². The SMILES string of the molecule is CCc1nc(-c2ccc(N3CCN(C(=O)c4ccc(OC)cc4)CC3)cc2)no1. The van der Waals surface area contributed by atoms with E-state index in [-0.39, 0.29) is 5.91 Å². The summed E-state index contributed by atoms with van der Waals surface area (Å²) >= 11 is 0. The van der Waals surface area contributed by atoms with Crippen molar-refractivity contribution in [3.8, 4) is 17.1 Å². The number of ether oxygens (including phenoxy) is 1. The van der Waals surface area contributed by atoms with Gasteiger partial charge in [0.1, 0.15) is 5.75 Å². The van der Waals surface area contributed by atoms with Gasteiger partial charge in [0.2, 0.25) is 11.7 Å². The van der Waals surface area contributed by atoms with Gasteiger partial charge in [0.05, 0.1) is 7.11 Å². The van der Waals surface area contributed by atoms with Gasteiger partial charge in [-0.15, -0.1) is 0 Å². The van der Waals surface area contributed by atoms with Crippen molar-refractivity contribution >= 4 is 11.6 Å². The number of carbonyl (C=O) groups excluding carboxylic acids is 1. The fourth-order valence-electron chi connectivity index (χ4n) is 3.42. The summed E-state index contributed by atoms with van der Waals surface area (Å²) in [5, 5.41) is 4.02. The molecule has 0 atom stereocenters. The Morgan fingerprint density at radius 1 is 1.03 bits per heavy atom. The highest BCUT2D eigenvalue weighted by atomic mass is 16.5. The zero-order valence-electron chi connectivity index (χ0n) is 16.7. The average molecular weight is 392 g/mol. The lowest BCUT2D eigenvalue weighted by Crippen LogP contribution is -2.48. The first-order chi connectivity index (χ1) is 14.2. The third-order valence-corrected chi connectivity index (χ3v) is 5.17. The van der Waals surface area contributed by atoms with Gasteiger partial charge < -0.3 is 19.1 Å². The second-order valence-corrected chi connectivity index (χ2v) is 6.92. The molecule has 3 aromatic rings. The quantitative estimate of drug-likeness (QED) is 0.664. The zero-order chi connectivity index (χ0) is 20.2. The van der Waals surface area contributed by atoms with Crippen LogP contribution in [0, 0.1) is 0 Å². The van der Waals surface area contributed by atoms with Crippen LogP contribution in [0.5, 0.6) is 5.75 Å². The molecule has 150 valence electrons. The number of rotatable bonds is 5. The number of aromatic nitrogens is 2. The van der Waals surface area contributed by atoms with Gasteiger partial charge in [-0.05, 0) is 48.5 Å². The molecule has 29 heavy (non-hydrogen) atoms. The first-order valence-electron chi connectivity index (χ1n) is 9.79. The first kappa shape index (κ1) is 19.0. The fraction of sp³-hybridized carbons (Fsp3) is 0.318. The molecule has 0 saturated carbocycles. The molecule has 0 N–H and O–H groups in total. The highest BCUT2D eigenvalue weighted by Gasteiger charge is 2.22. The molecule has 1 saturated heterocycles. The monoisotopic (exact) mass is 392 g/mol. The van der Waals surface area contributed by atoms with Gasteiger partial charge >= 0.3 is 0 Å². The van der Waals surface area contributed by atoms with E-state index in [0.29, 0.717) is 30.4 Å². The molecule has 1 amide bonds. The van der Waals surface area contributed by atoms with E-state index < -0.39 is 0 Å². The van der Waals surface area contributed by atoms with E-state index in [1.165, 1.54) is 0 Å². The van der Waals surface area contributed by atoms with Gasteiger partial charge in [0.25, 0.3) is 5.91 Å². The third-order valence-electron chi connectivity index (χ3n) is 5.17. The van der Waals surface area contributed by atoms with Crippen LogP contribution in [-0.2, 0) is 6.42 Å². The molecule has 4 rings (SSSR count). The van der Waals surface area contributed by atoms with Crippen molar-refractivity contribution in [2.75, 3.05) is 38.2 Å². The Bertz CT molecular complexity index is 958. The van der Waals surface area contributed by atoms with Crippen molar-refractivity contribution in [2.24, 2.45) is 0 Å². The van der Waals surface area contributed by atoms with Crippen LogP contribution in [0.25, 0.3) is 11.4 Å². The van der Waals surface area contributed by atoms with Crippen molar-refractivity contribution in [2.45, 2.75) is 13.3 Å². The third kappa shape index (κ3) is 4.08. The fourth-order valence-corrected chi connectivity index (χ4v) is 3.42. The van der Waals surface area contributed by atoms with Crippen LogP contribution in [0.2, 0.25) is 0 Å². The molecule has 1 aromatic heterocycles. The second kappa shape index (κ2) is 8.34. The number of nitrogens with zero attached hydrogens (tertiary/aromatic N) is 4. The summed E-state index contributed by atoms with van der Waals surface area (Å²) in [7, 11) is 1.62. The van der Waals surface area contributed by atoms with E-state index in [4.69, 9.17) is 9.26 Å². The topological polar surface area (TPSA) is 71.7 Å². The number of hydrogen-bond donors (Lipinski definition) is 0. The molecule has 1 fully saturated rings. The summed E-state index contributed by atoms with van der Waals surface area (Å²) in [6.45, 7) is 4.96. The summed E-state index contributed by atoms with van der Waals surface area (Å²) in [6.07, 6.45) is 0.727. The van der Waals surface area contributed by atoms with E-state index in [1.807, 2.05) is 48.2 Å². The van der Waals surface area contributed by atoms with Gasteiger partial charge in [-0.1, -0.05) is 12.1 Å². The van der Waals surface area contributed by atoms with Crippen molar-refractivity contribution < 1.29 is 14.1 Å². The predicted molar refractivity (Wildman–Crippen MR) is 110 cm³/mol. The van der Waals surface area contributed by atoms with Crippen LogP contribution in [-0.4, -0.2) is 54.2 Å². The molecule has 1 aliphatic rings. The van der Waals surface area contributed by atoms with Gasteiger partial charge in [-0.2, -0.15) is 4.98 Å². The van der Waals surface area contributed by atoms with Crippen LogP contribution >= 0.6 is 0 Å². The van der Waals surface area contributed by atoms with Gasteiger partial charge in [0.15, 0.2) is 0 Å². The van der Waals surface area contributed by atoms with E-state index >= 15 is 0 Å². The standard InChI is InChI=1S/C22H24N4O3/c1-3-20-23-21(24-29-20)16-4-8-18(9-5-16)25-12-14-26(15-13-25)22(27)17-6-10-19(28-2)11-7-17/h4-11H,3,12-15H2,1-2H3. The molecule has 7 heteroatoms. The van der Waals surface area contributed by atoms with Crippen LogP contribution in [0.15, 0.2) is 53.1 Å². The van der Waals surface area contributed by atoms with Crippen LogP contribution in [0.3, 0.4) is 0 Å². The molecule has 2 heterocycles. The first-order valence-corrected chi connectivity index (χ1v) is 9.79. The lowest BCUT2D eigenvalue weighted by atomic mass is 10.1. The molecule has 2 aromatic carbocycles. The number of anilines is 1.